The summed E-state index contributed by atoms with van der Waals surface area (Å²) < 4.78 is 11.6. The van der Waals surface area contributed by atoms with Crippen LogP contribution in [0.4, 0.5) is 0 Å². The number of hydrogen-bond donors (Lipinski definition) is 0. The van der Waals surface area contributed by atoms with Gasteiger partial charge in [0.05, 0.1) is 16.7 Å². The first-order chi connectivity index (χ1) is 28.2. The Hall–Kier alpha value is -7.41. The average molecular weight is 747 g/mol. The third kappa shape index (κ3) is 5.04. The smallest absolute Gasteiger partial charge is 0.164 e. The van der Waals surface area contributed by atoms with E-state index < -0.39 is 0 Å². The minimum Gasteiger partial charge on any atom is -0.454 e. The van der Waals surface area contributed by atoms with E-state index in [1.54, 1.807) is 11.3 Å². The van der Waals surface area contributed by atoms with Crippen molar-refractivity contribution < 1.29 is 4.42 Å². The van der Waals surface area contributed by atoms with Crippen LogP contribution in [0.5, 0.6) is 0 Å². The standard InChI is InChI=1S/C51H30N4OS/c1-3-13-31(14-4-1)33-25-28-39-46(30-33)57-45-24-12-20-40(47(39)45)51-53-49(32-15-5-2-6-16-32)52-50(54-51)34-26-27-37-38-19-11-23-43(48(38)56-44(37)29-34)55-41-21-9-7-17-35(41)36-18-8-10-22-42(36)55/h1-30H. The van der Waals surface area contributed by atoms with Crippen LogP contribution in [-0.4, -0.2) is 19.5 Å². The summed E-state index contributed by atoms with van der Waals surface area (Å²) in [5, 5.41) is 6.87. The summed E-state index contributed by atoms with van der Waals surface area (Å²) in [6.45, 7) is 0. The van der Waals surface area contributed by atoms with Crippen LogP contribution in [0.1, 0.15) is 0 Å². The summed E-state index contributed by atoms with van der Waals surface area (Å²) in [6, 6.07) is 63.7. The van der Waals surface area contributed by atoms with Crippen molar-refractivity contribution in [2.75, 3.05) is 0 Å². The molecule has 0 radical (unpaired) electrons. The van der Waals surface area contributed by atoms with Crippen molar-refractivity contribution in [1.82, 2.24) is 19.5 Å². The fourth-order valence-electron chi connectivity index (χ4n) is 8.44. The molecule has 0 aliphatic rings. The zero-order chi connectivity index (χ0) is 37.5. The highest BCUT2D eigenvalue weighted by molar-refractivity contribution is 7.26. The summed E-state index contributed by atoms with van der Waals surface area (Å²) in [5.74, 6) is 1.85. The largest absolute Gasteiger partial charge is 0.454 e. The van der Waals surface area contributed by atoms with Gasteiger partial charge in [-0.2, -0.15) is 0 Å². The Morgan fingerprint density at radius 2 is 1.02 bits per heavy atom. The molecule has 12 aromatic rings. The van der Waals surface area contributed by atoms with Crippen LogP contribution in [0.15, 0.2) is 186 Å². The second-order valence-electron chi connectivity index (χ2n) is 14.4. The molecule has 0 bridgehead atoms. The number of hydrogen-bond acceptors (Lipinski definition) is 5. The first-order valence-electron chi connectivity index (χ1n) is 19.0. The van der Waals surface area contributed by atoms with E-state index in [0.717, 1.165) is 60.7 Å². The molecule has 12 rings (SSSR count). The van der Waals surface area contributed by atoms with Gasteiger partial charge < -0.3 is 8.98 Å². The van der Waals surface area contributed by atoms with E-state index in [-0.39, 0.29) is 0 Å². The molecule has 0 unspecified atom stereocenters. The van der Waals surface area contributed by atoms with Crippen LogP contribution in [0.25, 0.3) is 115 Å². The Bertz CT molecular complexity index is 3470. The summed E-state index contributed by atoms with van der Waals surface area (Å²) in [6.07, 6.45) is 0. The van der Waals surface area contributed by atoms with Gasteiger partial charge >= 0.3 is 0 Å². The van der Waals surface area contributed by atoms with Gasteiger partial charge in [-0.25, -0.2) is 15.0 Å². The molecule has 0 aliphatic carbocycles. The highest BCUT2D eigenvalue weighted by Crippen LogP contribution is 2.42. The van der Waals surface area contributed by atoms with Crippen molar-refractivity contribution in [1.29, 1.82) is 0 Å². The minimum atomic E-state index is 0.590. The van der Waals surface area contributed by atoms with E-state index in [1.165, 1.54) is 36.7 Å². The molecule has 4 heterocycles. The monoisotopic (exact) mass is 746 g/mol. The zero-order valence-corrected chi connectivity index (χ0v) is 31.2. The number of thiophene rings is 1. The van der Waals surface area contributed by atoms with E-state index in [0.29, 0.717) is 17.5 Å². The third-order valence-corrected chi connectivity index (χ3v) is 12.2. The van der Waals surface area contributed by atoms with Crippen LogP contribution < -0.4 is 0 Å². The molecule has 0 aliphatic heterocycles. The molecule has 0 saturated carbocycles. The van der Waals surface area contributed by atoms with Gasteiger partial charge in [0.1, 0.15) is 5.58 Å². The molecule has 57 heavy (non-hydrogen) atoms. The lowest BCUT2D eigenvalue weighted by molar-refractivity contribution is 0.666. The number of nitrogens with zero attached hydrogens (tertiary/aromatic N) is 4. The topological polar surface area (TPSA) is 56.7 Å². The summed E-state index contributed by atoms with van der Waals surface area (Å²) in [5.41, 5.74) is 10.1. The van der Waals surface area contributed by atoms with E-state index in [2.05, 4.69) is 156 Å². The van der Waals surface area contributed by atoms with E-state index >= 15 is 0 Å². The summed E-state index contributed by atoms with van der Waals surface area (Å²) >= 11 is 1.80. The molecule has 0 N–H and O–H groups in total. The predicted octanol–water partition coefficient (Wildman–Crippen LogP) is 13.9. The van der Waals surface area contributed by atoms with Gasteiger partial charge in [-0.15, -0.1) is 11.3 Å². The quantitative estimate of drug-likeness (QED) is 0.176. The summed E-state index contributed by atoms with van der Waals surface area (Å²) in [4.78, 5) is 15.5. The van der Waals surface area contributed by atoms with Gasteiger partial charge in [-0.05, 0) is 53.6 Å². The molecule has 266 valence electrons. The van der Waals surface area contributed by atoms with Gasteiger partial charge in [0.2, 0.25) is 0 Å². The van der Waals surface area contributed by atoms with Crippen LogP contribution >= 0.6 is 11.3 Å². The predicted molar refractivity (Wildman–Crippen MR) is 236 cm³/mol. The van der Waals surface area contributed by atoms with E-state index in [9.17, 15) is 0 Å². The van der Waals surface area contributed by atoms with Crippen molar-refractivity contribution in [2.45, 2.75) is 0 Å². The maximum absolute atomic E-state index is 6.84. The molecule has 0 amide bonds. The number of rotatable bonds is 5. The van der Waals surface area contributed by atoms with Crippen LogP contribution in [-0.2, 0) is 0 Å². The molecule has 0 saturated heterocycles. The second kappa shape index (κ2) is 12.6. The SMILES string of the molecule is c1ccc(-c2ccc3c(c2)sc2cccc(-c4nc(-c5ccccc5)nc(-c5ccc6c(c5)oc5c(-n7c8ccccc8c8ccccc87)cccc56)n4)c23)cc1. The Morgan fingerprint density at radius 1 is 0.404 bits per heavy atom. The van der Waals surface area contributed by atoms with Crippen molar-refractivity contribution in [3.05, 3.63) is 182 Å². The Kier molecular flexibility index (Phi) is 7.03. The maximum Gasteiger partial charge on any atom is 0.164 e. The van der Waals surface area contributed by atoms with E-state index in [1.807, 2.05) is 30.3 Å². The number of fused-ring (bicyclic) bond motifs is 9. The highest BCUT2D eigenvalue weighted by atomic mass is 32.1. The van der Waals surface area contributed by atoms with Gasteiger partial charge in [0.15, 0.2) is 23.1 Å². The van der Waals surface area contributed by atoms with Crippen LogP contribution in [0, 0.1) is 0 Å². The van der Waals surface area contributed by atoms with Crippen LogP contribution in [0.3, 0.4) is 0 Å². The van der Waals surface area contributed by atoms with Crippen molar-refractivity contribution in [3.8, 4) is 51.0 Å². The molecule has 5 nitrogen and oxygen atoms in total. The summed E-state index contributed by atoms with van der Waals surface area (Å²) in [7, 11) is 0. The highest BCUT2D eigenvalue weighted by Gasteiger charge is 2.20. The Morgan fingerprint density at radius 3 is 1.79 bits per heavy atom. The molecule has 8 aromatic carbocycles. The third-order valence-electron chi connectivity index (χ3n) is 11.1. The van der Waals surface area contributed by atoms with Gasteiger partial charge in [-0.1, -0.05) is 140 Å². The van der Waals surface area contributed by atoms with Crippen molar-refractivity contribution in [3.63, 3.8) is 0 Å². The molecule has 6 heteroatoms. The van der Waals surface area contributed by atoms with E-state index in [4.69, 9.17) is 19.4 Å². The lowest BCUT2D eigenvalue weighted by Crippen LogP contribution is -2.00. The van der Waals surface area contributed by atoms with Gasteiger partial charge in [0.25, 0.3) is 0 Å². The van der Waals surface area contributed by atoms with Crippen LogP contribution in [0.2, 0.25) is 0 Å². The normalized spacial score (nSPS) is 11.9. The molecule has 0 fully saturated rings. The number of benzene rings is 8. The number of para-hydroxylation sites is 3. The Balaban J connectivity index is 1.04. The van der Waals surface area contributed by atoms with Crippen molar-refractivity contribution >= 4 is 75.3 Å². The fraction of sp³-hybridized carbons (Fsp3) is 0. The molecular weight excluding hydrogens is 717 g/mol. The number of aromatic nitrogens is 4. The average Bonchev–Trinajstić information content (AvgIpc) is 3.96. The molecular formula is C51H30N4OS. The molecule has 0 atom stereocenters. The molecule has 4 aromatic heterocycles. The van der Waals surface area contributed by atoms with Crippen molar-refractivity contribution in [2.24, 2.45) is 0 Å². The van der Waals surface area contributed by atoms with Gasteiger partial charge in [0, 0.05) is 58.4 Å². The minimum absolute atomic E-state index is 0.590. The Labute approximate surface area is 330 Å². The number of furan rings is 1. The first-order valence-corrected chi connectivity index (χ1v) is 19.8. The lowest BCUT2D eigenvalue weighted by atomic mass is 10.0. The second-order valence-corrected chi connectivity index (χ2v) is 15.5. The fourth-order valence-corrected chi connectivity index (χ4v) is 9.62. The zero-order valence-electron chi connectivity index (χ0n) is 30.4. The van der Waals surface area contributed by atoms with Gasteiger partial charge in [-0.3, -0.25) is 0 Å². The first kappa shape index (κ1) is 31.9. The maximum atomic E-state index is 6.84. The molecule has 0 spiro atoms. The lowest BCUT2D eigenvalue weighted by Gasteiger charge is -2.10.